The average molecular weight is 491 g/mol. The molecule has 3 unspecified atom stereocenters. The second-order valence-corrected chi connectivity index (χ2v) is 10.1. The van der Waals surface area contributed by atoms with Gasteiger partial charge < -0.3 is 19.3 Å². The van der Waals surface area contributed by atoms with E-state index in [-0.39, 0.29) is 19.8 Å². The van der Waals surface area contributed by atoms with Crippen LogP contribution in [0.2, 0.25) is 0 Å². The third-order valence-electron chi connectivity index (χ3n) is 6.97. The molecule has 35 heavy (non-hydrogen) atoms. The minimum Gasteiger partial charge on any atom is -0.465 e. The predicted octanol–water partition coefficient (Wildman–Crippen LogP) is 5.99. The Morgan fingerprint density at radius 2 is 1.60 bits per heavy atom. The van der Waals surface area contributed by atoms with Gasteiger partial charge in [-0.3, -0.25) is 9.59 Å². The Labute approximate surface area is 211 Å². The summed E-state index contributed by atoms with van der Waals surface area (Å²) in [4.78, 5) is 24.2. The Hall–Kier alpha value is -1.92. The number of benzene rings is 1. The number of unbranched alkanes of at least 4 members (excludes halogenated alkanes) is 10. The molecule has 0 spiro atoms. The van der Waals surface area contributed by atoms with Crippen molar-refractivity contribution in [1.82, 2.24) is 0 Å². The summed E-state index contributed by atoms with van der Waals surface area (Å²) in [6.07, 6.45) is 13.2. The van der Waals surface area contributed by atoms with Crippen LogP contribution in [-0.2, 0) is 30.4 Å². The number of cyclic esters (lactones) is 1. The van der Waals surface area contributed by atoms with Gasteiger partial charge in [0.05, 0.1) is 30.7 Å². The quantitative estimate of drug-likeness (QED) is 0.190. The Morgan fingerprint density at radius 1 is 1.00 bits per heavy atom. The summed E-state index contributed by atoms with van der Waals surface area (Å²) >= 11 is 0. The van der Waals surface area contributed by atoms with E-state index in [0.29, 0.717) is 13.0 Å². The predicted molar refractivity (Wildman–Crippen MR) is 137 cm³/mol. The van der Waals surface area contributed by atoms with Gasteiger partial charge in [-0.25, -0.2) is 0 Å². The number of aliphatic hydroxyl groups excluding tert-OH is 1. The van der Waals surface area contributed by atoms with E-state index >= 15 is 0 Å². The lowest BCUT2D eigenvalue weighted by Crippen LogP contribution is -2.46. The van der Waals surface area contributed by atoms with Crippen LogP contribution in [0.3, 0.4) is 0 Å². The molecule has 0 aromatic heterocycles. The summed E-state index contributed by atoms with van der Waals surface area (Å²) < 4.78 is 16.6. The maximum Gasteiger partial charge on any atom is 0.312 e. The van der Waals surface area contributed by atoms with Crippen molar-refractivity contribution in [3.05, 3.63) is 35.9 Å². The van der Waals surface area contributed by atoms with Crippen molar-refractivity contribution in [3.63, 3.8) is 0 Å². The molecule has 6 heteroatoms. The van der Waals surface area contributed by atoms with Crippen molar-refractivity contribution >= 4 is 11.9 Å². The molecular formula is C29H46O6. The van der Waals surface area contributed by atoms with Gasteiger partial charge in [-0.2, -0.15) is 0 Å². The van der Waals surface area contributed by atoms with Gasteiger partial charge >= 0.3 is 11.9 Å². The van der Waals surface area contributed by atoms with E-state index in [1.165, 1.54) is 58.3 Å². The van der Waals surface area contributed by atoms with E-state index in [9.17, 15) is 14.7 Å². The maximum atomic E-state index is 12.6. The lowest BCUT2D eigenvalue weighted by molar-refractivity contribution is -0.152. The molecule has 1 aliphatic rings. The first-order chi connectivity index (χ1) is 17.0. The van der Waals surface area contributed by atoms with Crippen LogP contribution in [0.25, 0.3) is 0 Å². The maximum absolute atomic E-state index is 12.6. The summed E-state index contributed by atoms with van der Waals surface area (Å²) in [7, 11) is 0. The Kier molecular flexibility index (Phi) is 14.0. The fourth-order valence-corrected chi connectivity index (χ4v) is 4.89. The molecule has 3 atom stereocenters. The number of carbonyl (C=O) groups is 2. The van der Waals surface area contributed by atoms with Gasteiger partial charge in [-0.1, -0.05) is 108 Å². The van der Waals surface area contributed by atoms with E-state index < -0.39 is 29.4 Å². The van der Waals surface area contributed by atoms with Crippen LogP contribution in [-0.4, -0.2) is 43.0 Å². The lowest BCUT2D eigenvalue weighted by Gasteiger charge is -2.33. The van der Waals surface area contributed by atoms with Gasteiger partial charge in [-0.15, -0.1) is 0 Å². The van der Waals surface area contributed by atoms with E-state index in [0.717, 1.165) is 24.8 Å². The summed E-state index contributed by atoms with van der Waals surface area (Å²) in [5, 5.41) is 11.0. The molecule has 0 bridgehead atoms. The summed E-state index contributed by atoms with van der Waals surface area (Å²) in [5.41, 5.74) is 0.132. The highest BCUT2D eigenvalue weighted by atomic mass is 16.6. The van der Waals surface area contributed by atoms with Crippen LogP contribution in [0.4, 0.5) is 0 Å². The van der Waals surface area contributed by atoms with Crippen LogP contribution in [0.15, 0.2) is 30.3 Å². The minimum atomic E-state index is -0.880. The lowest BCUT2D eigenvalue weighted by atomic mass is 9.74. The number of ether oxygens (including phenoxy) is 3. The molecule has 2 rings (SSSR count). The Morgan fingerprint density at radius 3 is 2.20 bits per heavy atom. The van der Waals surface area contributed by atoms with Crippen molar-refractivity contribution in [2.75, 3.05) is 19.8 Å². The normalized spacial score (nSPS) is 20.5. The van der Waals surface area contributed by atoms with Gasteiger partial charge in [0.25, 0.3) is 0 Å². The third kappa shape index (κ3) is 10.7. The van der Waals surface area contributed by atoms with E-state index in [1.807, 2.05) is 30.3 Å². The first-order valence-electron chi connectivity index (χ1n) is 13.6. The largest absolute Gasteiger partial charge is 0.465 e. The Bertz CT molecular complexity index is 721. The van der Waals surface area contributed by atoms with Crippen molar-refractivity contribution in [1.29, 1.82) is 0 Å². The summed E-state index contributed by atoms with van der Waals surface area (Å²) in [6, 6.07) is 9.75. The molecular weight excluding hydrogens is 444 g/mol. The fourth-order valence-electron chi connectivity index (χ4n) is 4.89. The zero-order valence-corrected chi connectivity index (χ0v) is 21.8. The molecule has 198 valence electrons. The highest BCUT2D eigenvalue weighted by molar-refractivity contribution is 5.76. The highest BCUT2D eigenvalue weighted by Gasteiger charge is 2.54. The van der Waals surface area contributed by atoms with Crippen molar-refractivity contribution in [2.24, 2.45) is 11.3 Å². The van der Waals surface area contributed by atoms with Gasteiger partial charge in [0.2, 0.25) is 0 Å². The Balaban J connectivity index is 1.79. The third-order valence-corrected chi connectivity index (χ3v) is 6.97. The topological polar surface area (TPSA) is 82.1 Å². The smallest absolute Gasteiger partial charge is 0.312 e. The molecule has 6 nitrogen and oxygen atoms in total. The molecule has 0 saturated carbocycles. The minimum absolute atomic E-state index is 0.0111. The number of carbonyl (C=O) groups excluding carboxylic acids is 2. The zero-order chi connectivity index (χ0) is 25.4. The summed E-state index contributed by atoms with van der Waals surface area (Å²) in [5.74, 6) is -1.62. The average Bonchev–Trinajstić information content (AvgIpc) is 3.18. The van der Waals surface area contributed by atoms with Crippen LogP contribution >= 0.6 is 0 Å². The van der Waals surface area contributed by atoms with Gasteiger partial charge in [0, 0.05) is 6.92 Å². The molecule has 1 aliphatic heterocycles. The van der Waals surface area contributed by atoms with Crippen LogP contribution in [0.1, 0.15) is 96.5 Å². The molecule has 1 saturated heterocycles. The molecule has 1 aromatic carbocycles. The fraction of sp³-hybridized carbons (Fsp3) is 0.724. The number of esters is 2. The number of aliphatic hydroxyl groups is 1. The van der Waals surface area contributed by atoms with Crippen LogP contribution in [0.5, 0.6) is 0 Å². The summed E-state index contributed by atoms with van der Waals surface area (Å²) in [6.45, 7) is 4.19. The molecule has 1 fully saturated rings. The van der Waals surface area contributed by atoms with E-state index in [1.54, 1.807) is 0 Å². The molecule has 1 N–H and O–H groups in total. The second-order valence-electron chi connectivity index (χ2n) is 10.1. The van der Waals surface area contributed by atoms with Gasteiger partial charge in [0.15, 0.2) is 0 Å². The number of hydrogen-bond acceptors (Lipinski definition) is 6. The van der Waals surface area contributed by atoms with Crippen LogP contribution in [0, 0.1) is 11.3 Å². The molecule has 1 heterocycles. The van der Waals surface area contributed by atoms with Crippen LogP contribution < -0.4 is 0 Å². The van der Waals surface area contributed by atoms with Gasteiger partial charge in [-0.05, 0) is 12.0 Å². The molecule has 0 radical (unpaired) electrons. The first kappa shape index (κ1) is 29.3. The van der Waals surface area contributed by atoms with Crippen molar-refractivity contribution in [3.8, 4) is 0 Å². The monoisotopic (exact) mass is 490 g/mol. The highest BCUT2D eigenvalue weighted by Crippen LogP contribution is 2.40. The van der Waals surface area contributed by atoms with E-state index in [2.05, 4.69) is 6.92 Å². The SMILES string of the molecule is CCCCCCCCCCCCCC(O)C1C(=O)OCC1(COCc1ccccc1)COC(C)=O. The first-order valence-corrected chi connectivity index (χ1v) is 13.6. The molecule has 0 amide bonds. The van der Waals surface area contributed by atoms with Crippen molar-refractivity contribution < 1.29 is 28.9 Å². The van der Waals surface area contributed by atoms with E-state index in [4.69, 9.17) is 14.2 Å². The zero-order valence-electron chi connectivity index (χ0n) is 21.8. The second kappa shape index (κ2) is 16.7. The number of rotatable bonds is 19. The molecule has 0 aliphatic carbocycles. The standard InChI is InChI=1S/C29H46O6/c1-3-4-5-6-7-8-9-10-11-12-16-19-26(31)27-28(32)35-23-29(27,22-34-24(2)30)21-33-20-25-17-14-13-15-18-25/h13-15,17-18,26-27,31H,3-12,16,19-23H2,1-2H3. The number of hydrogen-bond donors (Lipinski definition) is 1. The van der Waals surface area contributed by atoms with Gasteiger partial charge in [0.1, 0.15) is 13.2 Å². The van der Waals surface area contributed by atoms with Crippen molar-refractivity contribution in [2.45, 2.75) is 104 Å². The molecule has 1 aromatic rings.